The van der Waals surface area contributed by atoms with Gasteiger partial charge in [-0.2, -0.15) is 0 Å². The number of halogens is 1. The second-order valence-corrected chi connectivity index (χ2v) is 10.9. The Morgan fingerprint density at radius 3 is 1.60 bits per heavy atom. The van der Waals surface area contributed by atoms with E-state index in [2.05, 4.69) is 24.3 Å². The van der Waals surface area contributed by atoms with E-state index in [1.165, 1.54) is 6.07 Å². The van der Waals surface area contributed by atoms with E-state index in [9.17, 15) is 0 Å². The third kappa shape index (κ3) is 4.94. The van der Waals surface area contributed by atoms with Crippen LogP contribution >= 0.6 is 0 Å². The molecule has 5 aromatic rings. The molecule has 0 amide bonds. The predicted molar refractivity (Wildman–Crippen MR) is 157 cm³/mol. The first-order valence-corrected chi connectivity index (χ1v) is 13.3. The minimum atomic E-state index is -0.845. The highest BCUT2D eigenvalue weighted by atomic mass is 19.1. The van der Waals surface area contributed by atoms with E-state index in [0.717, 1.165) is 22.3 Å². The van der Waals surface area contributed by atoms with Gasteiger partial charge in [0.2, 0.25) is 0 Å². The van der Waals surface area contributed by atoms with Crippen molar-refractivity contribution in [3.63, 3.8) is 0 Å². The maximum atomic E-state index is 15.1. The summed E-state index contributed by atoms with van der Waals surface area (Å²) in [6.07, 6.45) is 0. The molecule has 1 fully saturated rings. The Morgan fingerprint density at radius 2 is 1.00 bits per heavy atom. The first kappa shape index (κ1) is 26.0. The van der Waals surface area contributed by atoms with Crippen molar-refractivity contribution in [1.29, 1.82) is 0 Å². The van der Waals surface area contributed by atoms with Crippen LogP contribution in [0, 0.1) is 5.82 Å². The molecule has 198 valence electrons. The smallest absolute Gasteiger partial charge is 0.399 e. The molecule has 0 saturated carbocycles. The van der Waals surface area contributed by atoms with E-state index in [0.29, 0.717) is 28.5 Å². The van der Waals surface area contributed by atoms with E-state index >= 15 is 4.39 Å². The average Bonchev–Trinajstić information content (AvgIpc) is 3.20. The minimum Gasteiger partial charge on any atom is -0.399 e. The molecule has 0 N–H and O–H groups in total. The fourth-order valence-electron chi connectivity index (χ4n) is 4.65. The van der Waals surface area contributed by atoms with Crippen LogP contribution in [0.15, 0.2) is 103 Å². The van der Waals surface area contributed by atoms with Crippen molar-refractivity contribution in [2.45, 2.75) is 38.9 Å². The molecule has 40 heavy (non-hydrogen) atoms. The van der Waals surface area contributed by atoms with Gasteiger partial charge in [0.25, 0.3) is 0 Å². The Bertz CT molecular complexity index is 1660. The van der Waals surface area contributed by atoms with Crippen molar-refractivity contribution in [3.8, 4) is 45.3 Å². The zero-order valence-corrected chi connectivity index (χ0v) is 22.9. The van der Waals surface area contributed by atoms with Gasteiger partial charge >= 0.3 is 7.12 Å². The molecule has 1 aliphatic rings. The first-order valence-electron chi connectivity index (χ1n) is 13.3. The summed E-state index contributed by atoms with van der Waals surface area (Å²) in [5.41, 5.74) is 3.65. The van der Waals surface area contributed by atoms with Crippen molar-refractivity contribution in [2.24, 2.45) is 0 Å². The number of aromatic nitrogens is 3. The van der Waals surface area contributed by atoms with Crippen LogP contribution < -0.4 is 5.46 Å². The molecule has 1 aromatic heterocycles. The van der Waals surface area contributed by atoms with Crippen LogP contribution in [-0.4, -0.2) is 33.3 Å². The first-order chi connectivity index (χ1) is 19.2. The third-order valence-corrected chi connectivity index (χ3v) is 7.66. The lowest BCUT2D eigenvalue weighted by Crippen LogP contribution is -2.41. The van der Waals surface area contributed by atoms with E-state index in [4.69, 9.17) is 24.3 Å². The lowest BCUT2D eigenvalue weighted by atomic mass is 9.78. The second-order valence-electron chi connectivity index (χ2n) is 10.9. The summed E-state index contributed by atoms with van der Waals surface area (Å²) in [7, 11) is -0.845. The van der Waals surface area contributed by atoms with Gasteiger partial charge in [0.05, 0.1) is 11.2 Å². The molecule has 1 aliphatic heterocycles. The fourth-order valence-corrected chi connectivity index (χ4v) is 4.65. The van der Waals surface area contributed by atoms with Crippen molar-refractivity contribution in [3.05, 3.63) is 109 Å². The number of rotatable bonds is 5. The topological polar surface area (TPSA) is 57.1 Å². The van der Waals surface area contributed by atoms with Crippen LogP contribution in [0.2, 0.25) is 0 Å². The van der Waals surface area contributed by atoms with Crippen molar-refractivity contribution >= 4 is 12.6 Å². The quantitative estimate of drug-likeness (QED) is 0.230. The zero-order chi connectivity index (χ0) is 27.9. The average molecular weight is 529 g/mol. The molecule has 6 rings (SSSR count). The van der Waals surface area contributed by atoms with E-state index in [1.54, 1.807) is 12.1 Å². The van der Waals surface area contributed by atoms with Crippen LogP contribution in [-0.2, 0) is 9.31 Å². The SMILES string of the molecule is CC1(C)OB(c2cc(-c3nc(-c4ccccc4)nc(-c4cccc(-c5ccccc5)c4)n3)ccc2F)OC1(C)C. The molecule has 0 aliphatic carbocycles. The monoisotopic (exact) mass is 529 g/mol. The normalized spacial score (nSPS) is 15.8. The maximum Gasteiger partial charge on any atom is 0.497 e. The highest BCUT2D eigenvalue weighted by Crippen LogP contribution is 2.37. The van der Waals surface area contributed by atoms with Gasteiger partial charge in [-0.15, -0.1) is 0 Å². The van der Waals surface area contributed by atoms with Gasteiger partial charge < -0.3 is 9.31 Å². The van der Waals surface area contributed by atoms with E-state index in [-0.39, 0.29) is 0 Å². The summed E-state index contributed by atoms with van der Waals surface area (Å²) in [6.45, 7) is 7.79. The summed E-state index contributed by atoms with van der Waals surface area (Å²) in [5.74, 6) is 1.09. The molecule has 1 saturated heterocycles. The van der Waals surface area contributed by atoms with Gasteiger partial charge in [-0.3, -0.25) is 0 Å². The molecule has 0 unspecified atom stereocenters. The number of nitrogens with zero attached hydrogens (tertiary/aromatic N) is 3. The van der Waals surface area contributed by atoms with Gasteiger partial charge in [-0.25, -0.2) is 19.3 Å². The Kier molecular flexibility index (Phi) is 6.57. The lowest BCUT2D eigenvalue weighted by molar-refractivity contribution is 0.00578. The molecular formula is C33H29BFN3O2. The van der Waals surface area contributed by atoms with Gasteiger partial charge in [-0.1, -0.05) is 78.9 Å². The molecule has 0 spiro atoms. The fraction of sp³-hybridized carbons (Fsp3) is 0.182. The highest BCUT2D eigenvalue weighted by Gasteiger charge is 2.52. The van der Waals surface area contributed by atoms with Gasteiger partial charge in [-0.05, 0) is 63.1 Å². The van der Waals surface area contributed by atoms with Gasteiger partial charge in [0.1, 0.15) is 5.82 Å². The summed E-state index contributed by atoms with van der Waals surface area (Å²) in [6, 6.07) is 32.9. The number of hydrogen-bond acceptors (Lipinski definition) is 5. The van der Waals surface area contributed by atoms with Crippen LogP contribution in [0.3, 0.4) is 0 Å². The summed E-state index contributed by atoms with van der Waals surface area (Å²) < 4.78 is 27.4. The molecule has 2 heterocycles. The lowest BCUT2D eigenvalue weighted by Gasteiger charge is -2.32. The maximum absolute atomic E-state index is 15.1. The molecule has 0 radical (unpaired) electrons. The summed E-state index contributed by atoms with van der Waals surface area (Å²) in [5, 5.41) is 0. The minimum absolute atomic E-state index is 0.311. The van der Waals surface area contributed by atoms with Gasteiger partial charge in [0.15, 0.2) is 17.5 Å². The van der Waals surface area contributed by atoms with Crippen molar-refractivity contribution in [1.82, 2.24) is 15.0 Å². The molecule has 4 aromatic carbocycles. The molecule has 0 bridgehead atoms. The summed E-state index contributed by atoms with van der Waals surface area (Å²) >= 11 is 0. The molecule has 0 atom stereocenters. The van der Waals surface area contributed by atoms with Gasteiger partial charge in [0, 0.05) is 22.2 Å². The largest absolute Gasteiger partial charge is 0.497 e. The Morgan fingerprint density at radius 1 is 0.525 bits per heavy atom. The predicted octanol–water partition coefficient (Wildman–Crippen LogP) is 6.98. The Hall–Kier alpha value is -4.20. The van der Waals surface area contributed by atoms with Crippen LogP contribution in [0.5, 0.6) is 0 Å². The standard InChI is InChI=1S/C33H29BFN3O2/c1-32(2)33(3,4)40-34(39-32)27-21-26(18-19-28(27)35)31-37-29(23-14-9-6-10-15-23)36-30(38-31)25-17-11-16-24(20-25)22-12-7-5-8-13-22/h5-21H,1-4H3. The summed E-state index contributed by atoms with van der Waals surface area (Å²) in [4.78, 5) is 14.5. The highest BCUT2D eigenvalue weighted by molar-refractivity contribution is 6.62. The second kappa shape index (κ2) is 10.1. The molecule has 5 nitrogen and oxygen atoms in total. The zero-order valence-electron chi connectivity index (χ0n) is 22.9. The number of benzene rings is 4. The van der Waals surface area contributed by atoms with Crippen molar-refractivity contribution in [2.75, 3.05) is 0 Å². The van der Waals surface area contributed by atoms with E-state index < -0.39 is 24.1 Å². The third-order valence-electron chi connectivity index (χ3n) is 7.66. The van der Waals surface area contributed by atoms with Crippen LogP contribution in [0.4, 0.5) is 4.39 Å². The van der Waals surface area contributed by atoms with Crippen molar-refractivity contribution < 1.29 is 13.7 Å². The Labute approximate surface area is 234 Å². The van der Waals surface area contributed by atoms with E-state index in [1.807, 2.05) is 88.4 Å². The van der Waals surface area contributed by atoms with Crippen LogP contribution in [0.25, 0.3) is 45.3 Å². The molecule has 7 heteroatoms. The number of hydrogen-bond donors (Lipinski definition) is 0. The van der Waals surface area contributed by atoms with Crippen LogP contribution in [0.1, 0.15) is 27.7 Å². The Balaban J connectivity index is 1.47. The molecular weight excluding hydrogens is 500 g/mol.